The van der Waals surface area contributed by atoms with Gasteiger partial charge < -0.3 is 15.2 Å². The monoisotopic (exact) mass is 371 g/mol. The summed E-state index contributed by atoms with van der Waals surface area (Å²) in [6.45, 7) is 7.18. The maximum atomic E-state index is 4.55. The van der Waals surface area contributed by atoms with Crippen LogP contribution in [0.5, 0.6) is 0 Å². The van der Waals surface area contributed by atoms with E-state index in [2.05, 4.69) is 75.4 Å². The van der Waals surface area contributed by atoms with Gasteiger partial charge >= 0.3 is 0 Å². The standard InChI is InChI=1S/C23H25N5/c1-3-28(4-2)20-9-7-17(8-10-20)13-25-19-12-21-22(16-27-23(21)26-15-19)18-6-5-11-24-14-18/h5-12,14-16,25H,3-4,13H2,1-2H3,(H,26,27). The molecule has 0 aliphatic carbocycles. The van der Waals surface area contributed by atoms with E-state index in [-0.39, 0.29) is 0 Å². The molecule has 4 aromatic rings. The second-order valence-corrected chi connectivity index (χ2v) is 6.76. The van der Waals surface area contributed by atoms with E-state index >= 15 is 0 Å². The Labute approximate surface area is 165 Å². The van der Waals surface area contributed by atoms with Crippen LogP contribution in [0.4, 0.5) is 11.4 Å². The average Bonchev–Trinajstić information content (AvgIpc) is 3.18. The predicted octanol–water partition coefficient (Wildman–Crippen LogP) is 5.08. The van der Waals surface area contributed by atoms with Gasteiger partial charge in [0.05, 0.1) is 11.9 Å². The molecule has 4 rings (SSSR count). The molecule has 0 radical (unpaired) electrons. The lowest BCUT2D eigenvalue weighted by Crippen LogP contribution is -2.21. The molecule has 0 unspecified atom stereocenters. The van der Waals surface area contributed by atoms with Gasteiger partial charge in [0.15, 0.2) is 0 Å². The molecule has 142 valence electrons. The van der Waals surface area contributed by atoms with E-state index in [1.54, 1.807) is 6.20 Å². The van der Waals surface area contributed by atoms with Crippen LogP contribution in [0.25, 0.3) is 22.2 Å². The Bertz CT molecular complexity index is 1030. The first-order valence-corrected chi connectivity index (χ1v) is 9.73. The lowest BCUT2D eigenvalue weighted by atomic mass is 10.1. The van der Waals surface area contributed by atoms with Gasteiger partial charge in [0.25, 0.3) is 0 Å². The maximum Gasteiger partial charge on any atom is 0.138 e. The molecule has 1 aromatic carbocycles. The second kappa shape index (κ2) is 8.13. The van der Waals surface area contributed by atoms with Crippen molar-refractivity contribution in [2.24, 2.45) is 0 Å². The van der Waals surface area contributed by atoms with Crippen LogP contribution < -0.4 is 10.2 Å². The van der Waals surface area contributed by atoms with Gasteiger partial charge in [-0.15, -0.1) is 0 Å². The summed E-state index contributed by atoms with van der Waals surface area (Å²) in [7, 11) is 0. The molecule has 0 atom stereocenters. The first kappa shape index (κ1) is 18.0. The third-order valence-electron chi connectivity index (χ3n) is 5.07. The zero-order valence-electron chi connectivity index (χ0n) is 16.3. The first-order chi connectivity index (χ1) is 13.8. The van der Waals surface area contributed by atoms with Crippen LogP contribution in [0.3, 0.4) is 0 Å². The van der Waals surface area contributed by atoms with E-state index < -0.39 is 0 Å². The number of pyridine rings is 2. The quantitative estimate of drug-likeness (QED) is 0.475. The molecule has 0 aliphatic heterocycles. The van der Waals surface area contributed by atoms with Crippen LogP contribution in [0.15, 0.2) is 67.3 Å². The summed E-state index contributed by atoms with van der Waals surface area (Å²) in [4.78, 5) is 14.4. The highest BCUT2D eigenvalue weighted by Crippen LogP contribution is 2.29. The minimum atomic E-state index is 0.762. The van der Waals surface area contributed by atoms with Crippen LogP contribution >= 0.6 is 0 Å². The Morgan fingerprint density at radius 2 is 1.86 bits per heavy atom. The van der Waals surface area contributed by atoms with Crippen molar-refractivity contribution in [3.63, 3.8) is 0 Å². The molecule has 0 saturated carbocycles. The topological polar surface area (TPSA) is 56.8 Å². The molecule has 5 heteroatoms. The summed E-state index contributed by atoms with van der Waals surface area (Å²) in [6, 6.07) is 14.9. The summed E-state index contributed by atoms with van der Waals surface area (Å²) in [5.41, 5.74) is 6.60. The molecule has 0 fully saturated rings. The molecule has 3 heterocycles. The van der Waals surface area contributed by atoms with Crippen LogP contribution in [0, 0.1) is 0 Å². The fourth-order valence-corrected chi connectivity index (χ4v) is 3.48. The molecule has 2 N–H and O–H groups in total. The van der Waals surface area contributed by atoms with E-state index in [4.69, 9.17) is 0 Å². The van der Waals surface area contributed by atoms with Crippen LogP contribution in [0.1, 0.15) is 19.4 Å². The molecule has 0 aliphatic rings. The van der Waals surface area contributed by atoms with Crippen molar-refractivity contribution in [1.82, 2.24) is 15.0 Å². The van der Waals surface area contributed by atoms with Crippen molar-refractivity contribution in [3.05, 3.63) is 72.8 Å². The molecule has 0 bridgehead atoms. The van der Waals surface area contributed by atoms with Crippen LogP contribution in [-0.4, -0.2) is 28.0 Å². The zero-order chi connectivity index (χ0) is 19.3. The second-order valence-electron chi connectivity index (χ2n) is 6.76. The molecule has 3 aromatic heterocycles. The Morgan fingerprint density at radius 3 is 2.57 bits per heavy atom. The number of benzene rings is 1. The van der Waals surface area contributed by atoms with Gasteiger partial charge in [-0.25, -0.2) is 4.98 Å². The minimum absolute atomic E-state index is 0.762. The summed E-state index contributed by atoms with van der Waals surface area (Å²) in [6.07, 6.45) is 7.52. The molecule has 0 amide bonds. The third-order valence-corrected chi connectivity index (χ3v) is 5.07. The van der Waals surface area contributed by atoms with Crippen molar-refractivity contribution in [2.45, 2.75) is 20.4 Å². The van der Waals surface area contributed by atoms with E-state index in [1.807, 2.05) is 24.7 Å². The Kier molecular flexibility index (Phi) is 5.24. The number of fused-ring (bicyclic) bond motifs is 1. The number of hydrogen-bond acceptors (Lipinski definition) is 4. The average molecular weight is 371 g/mol. The van der Waals surface area contributed by atoms with Crippen LogP contribution in [0.2, 0.25) is 0 Å². The molecule has 28 heavy (non-hydrogen) atoms. The van der Waals surface area contributed by atoms with Crippen molar-refractivity contribution < 1.29 is 0 Å². The normalized spacial score (nSPS) is 10.9. The fraction of sp³-hybridized carbons (Fsp3) is 0.217. The van der Waals surface area contributed by atoms with Crippen molar-refractivity contribution in [3.8, 4) is 11.1 Å². The summed E-state index contributed by atoms with van der Waals surface area (Å²) >= 11 is 0. The number of hydrogen-bond donors (Lipinski definition) is 2. The number of anilines is 2. The summed E-state index contributed by atoms with van der Waals surface area (Å²) < 4.78 is 0. The number of nitrogens with one attached hydrogen (secondary N) is 2. The lowest BCUT2D eigenvalue weighted by Gasteiger charge is -2.21. The third kappa shape index (κ3) is 3.69. The summed E-state index contributed by atoms with van der Waals surface area (Å²) in [5.74, 6) is 0. The zero-order valence-corrected chi connectivity index (χ0v) is 16.3. The number of nitrogens with zero attached hydrogens (tertiary/aromatic N) is 3. The number of aromatic amines is 1. The largest absolute Gasteiger partial charge is 0.380 e. The van der Waals surface area contributed by atoms with Gasteiger partial charge in [0, 0.05) is 60.4 Å². The molecular weight excluding hydrogens is 346 g/mol. The molecule has 0 saturated heterocycles. The molecular formula is C23H25N5. The van der Waals surface area contributed by atoms with Gasteiger partial charge in [-0.3, -0.25) is 4.98 Å². The van der Waals surface area contributed by atoms with Crippen molar-refractivity contribution in [2.75, 3.05) is 23.3 Å². The summed E-state index contributed by atoms with van der Waals surface area (Å²) in [5, 5.41) is 4.59. The van der Waals surface area contributed by atoms with Crippen molar-refractivity contribution in [1.29, 1.82) is 0 Å². The van der Waals surface area contributed by atoms with Crippen LogP contribution in [-0.2, 0) is 6.54 Å². The van der Waals surface area contributed by atoms with Gasteiger partial charge in [0.1, 0.15) is 5.65 Å². The Hall–Kier alpha value is -3.34. The number of rotatable bonds is 7. The Morgan fingerprint density at radius 1 is 1.04 bits per heavy atom. The van der Waals surface area contributed by atoms with E-state index in [9.17, 15) is 0 Å². The van der Waals surface area contributed by atoms with E-state index in [0.29, 0.717) is 0 Å². The maximum absolute atomic E-state index is 4.55. The Balaban J connectivity index is 1.51. The highest BCUT2D eigenvalue weighted by molar-refractivity contribution is 5.94. The highest BCUT2D eigenvalue weighted by Gasteiger charge is 2.08. The van der Waals surface area contributed by atoms with E-state index in [0.717, 1.165) is 47.5 Å². The molecule has 5 nitrogen and oxygen atoms in total. The highest BCUT2D eigenvalue weighted by atomic mass is 15.1. The van der Waals surface area contributed by atoms with Gasteiger partial charge in [0.2, 0.25) is 0 Å². The smallest absolute Gasteiger partial charge is 0.138 e. The fourth-order valence-electron chi connectivity index (χ4n) is 3.48. The van der Waals surface area contributed by atoms with Crippen molar-refractivity contribution >= 4 is 22.4 Å². The van der Waals surface area contributed by atoms with Gasteiger partial charge in [-0.2, -0.15) is 0 Å². The SMILES string of the molecule is CCN(CC)c1ccc(CNc2cnc3[nH]cc(-c4cccnc4)c3c2)cc1. The van der Waals surface area contributed by atoms with E-state index in [1.165, 1.54) is 11.3 Å². The minimum Gasteiger partial charge on any atom is -0.380 e. The molecule has 0 spiro atoms. The van der Waals surface area contributed by atoms with Gasteiger partial charge in [-0.05, 0) is 43.7 Å². The lowest BCUT2D eigenvalue weighted by molar-refractivity contribution is 0.865. The number of H-pyrrole nitrogens is 1. The van der Waals surface area contributed by atoms with Gasteiger partial charge in [-0.1, -0.05) is 18.2 Å². The predicted molar refractivity (Wildman–Crippen MR) is 117 cm³/mol. The number of aromatic nitrogens is 3. The first-order valence-electron chi connectivity index (χ1n) is 9.73.